The van der Waals surface area contributed by atoms with Crippen LogP contribution in [0.2, 0.25) is 0 Å². The number of carbonyl (C=O) groups is 2. The molecule has 4 heteroatoms. The lowest BCUT2D eigenvalue weighted by molar-refractivity contribution is -0.183. The van der Waals surface area contributed by atoms with Crippen LogP contribution in [0, 0.1) is 46.3 Å². The van der Waals surface area contributed by atoms with Gasteiger partial charge in [-0.2, -0.15) is 0 Å². The quantitative estimate of drug-likeness (QED) is 0.595. The van der Waals surface area contributed by atoms with Gasteiger partial charge in [0, 0.05) is 5.92 Å². The lowest BCUT2D eigenvalue weighted by Gasteiger charge is -2.62. The summed E-state index contributed by atoms with van der Waals surface area (Å²) < 4.78 is 6.06. The van der Waals surface area contributed by atoms with Crippen LogP contribution in [0.5, 0.6) is 0 Å². The molecule has 176 valence electrons. The predicted molar refractivity (Wildman–Crippen MR) is 123 cm³/mol. The van der Waals surface area contributed by atoms with Crippen molar-refractivity contribution in [2.45, 2.75) is 111 Å². The number of fused-ring (bicyclic) bond motifs is 5. The van der Waals surface area contributed by atoms with Crippen molar-refractivity contribution in [3.8, 4) is 0 Å². The van der Waals surface area contributed by atoms with E-state index in [1.54, 1.807) is 0 Å². The number of rotatable bonds is 4. The minimum absolute atomic E-state index is 0.0992. The average molecular weight is 432 g/mol. The van der Waals surface area contributed by atoms with E-state index in [0.717, 1.165) is 37.5 Å². The highest BCUT2D eigenvalue weighted by molar-refractivity contribution is 5.79. The van der Waals surface area contributed by atoms with E-state index in [1.165, 1.54) is 32.1 Å². The number of Topliss-reactive ketones (excluding diaryl/α,β-unsaturated/α-hetero) is 1. The Labute approximate surface area is 189 Å². The maximum Gasteiger partial charge on any atom is 0.323 e. The summed E-state index contributed by atoms with van der Waals surface area (Å²) in [5.74, 6) is 3.42. The van der Waals surface area contributed by atoms with Gasteiger partial charge in [0.05, 0.1) is 0 Å². The van der Waals surface area contributed by atoms with Gasteiger partial charge in [0.2, 0.25) is 0 Å². The molecule has 0 aromatic heterocycles. The largest absolute Gasteiger partial charge is 0.458 e. The summed E-state index contributed by atoms with van der Waals surface area (Å²) in [5.41, 5.74) is 6.26. The molecule has 0 saturated heterocycles. The highest BCUT2D eigenvalue weighted by atomic mass is 16.6. The molecular formula is C27H45NO3. The zero-order valence-electron chi connectivity index (χ0n) is 20.7. The normalized spacial score (nSPS) is 47.8. The van der Waals surface area contributed by atoms with Crippen molar-refractivity contribution in [1.82, 2.24) is 0 Å². The van der Waals surface area contributed by atoms with Crippen LogP contribution in [0.1, 0.15) is 99.3 Å². The summed E-state index contributed by atoms with van der Waals surface area (Å²) in [6.45, 7) is 12.9. The Bertz CT molecular complexity index is 734. The second-order valence-electron chi connectivity index (χ2n) is 12.8. The first kappa shape index (κ1) is 23.3. The van der Waals surface area contributed by atoms with Gasteiger partial charge in [0.1, 0.15) is 17.4 Å². The Morgan fingerprint density at radius 1 is 0.903 bits per heavy atom. The van der Waals surface area contributed by atoms with Gasteiger partial charge in [0.25, 0.3) is 0 Å². The van der Waals surface area contributed by atoms with Crippen molar-refractivity contribution in [2.75, 3.05) is 0 Å². The molecule has 0 spiro atoms. The second kappa shape index (κ2) is 7.85. The maximum atomic E-state index is 12.6. The first-order chi connectivity index (χ1) is 14.4. The SMILES string of the molecule is CC(=O)[C@H]1CC[C@H]2[C@@H]3CC[C@H]4C[C@](C)(OC(=O)[C@@H](N)C(C)C)CC[C@]4(C)[C@H]3CC[C@]12C. The lowest BCUT2D eigenvalue weighted by atomic mass is 9.44. The fraction of sp³-hybridized carbons (Fsp3) is 0.926. The number of hydrogen-bond acceptors (Lipinski definition) is 4. The zero-order chi connectivity index (χ0) is 22.8. The van der Waals surface area contributed by atoms with Gasteiger partial charge >= 0.3 is 5.97 Å². The summed E-state index contributed by atoms with van der Waals surface area (Å²) in [6.07, 6.45) is 10.4. The second-order valence-corrected chi connectivity index (χ2v) is 12.8. The first-order valence-corrected chi connectivity index (χ1v) is 12.9. The molecule has 0 bridgehead atoms. The van der Waals surface area contributed by atoms with Crippen LogP contribution < -0.4 is 5.73 Å². The van der Waals surface area contributed by atoms with Gasteiger partial charge in [-0.05, 0) is 112 Å². The monoisotopic (exact) mass is 431 g/mol. The highest BCUT2D eigenvalue weighted by Crippen LogP contribution is 2.68. The number of carbonyl (C=O) groups excluding carboxylic acids is 2. The van der Waals surface area contributed by atoms with Crippen LogP contribution in [-0.4, -0.2) is 23.4 Å². The molecule has 4 aliphatic carbocycles. The van der Waals surface area contributed by atoms with Crippen molar-refractivity contribution in [2.24, 2.45) is 52.1 Å². The molecule has 0 amide bonds. The van der Waals surface area contributed by atoms with Gasteiger partial charge in [-0.1, -0.05) is 27.7 Å². The van der Waals surface area contributed by atoms with E-state index in [2.05, 4.69) is 20.8 Å². The van der Waals surface area contributed by atoms with Gasteiger partial charge in [-0.15, -0.1) is 0 Å². The van der Waals surface area contributed by atoms with Crippen LogP contribution in [0.15, 0.2) is 0 Å². The number of hydrogen-bond donors (Lipinski definition) is 1. The molecular weight excluding hydrogens is 386 g/mol. The number of nitrogens with two attached hydrogens (primary N) is 1. The van der Waals surface area contributed by atoms with Crippen LogP contribution in [-0.2, 0) is 14.3 Å². The van der Waals surface area contributed by atoms with Crippen molar-refractivity contribution in [3.63, 3.8) is 0 Å². The summed E-state index contributed by atoms with van der Waals surface area (Å²) in [5, 5.41) is 0. The van der Waals surface area contributed by atoms with Gasteiger partial charge < -0.3 is 10.5 Å². The van der Waals surface area contributed by atoms with E-state index >= 15 is 0 Å². The molecule has 4 saturated carbocycles. The minimum atomic E-state index is -0.534. The predicted octanol–water partition coefficient (Wildman–Crippen LogP) is 5.52. The number of ketones is 1. The van der Waals surface area contributed by atoms with Crippen molar-refractivity contribution >= 4 is 11.8 Å². The average Bonchev–Trinajstić information content (AvgIpc) is 3.05. The molecule has 0 radical (unpaired) electrons. The van der Waals surface area contributed by atoms with Crippen LogP contribution >= 0.6 is 0 Å². The van der Waals surface area contributed by atoms with E-state index < -0.39 is 6.04 Å². The van der Waals surface area contributed by atoms with Crippen molar-refractivity contribution in [1.29, 1.82) is 0 Å². The van der Waals surface area contributed by atoms with Crippen LogP contribution in [0.3, 0.4) is 0 Å². The van der Waals surface area contributed by atoms with Crippen LogP contribution in [0.4, 0.5) is 0 Å². The molecule has 4 rings (SSSR count). The summed E-state index contributed by atoms with van der Waals surface area (Å²) in [6, 6.07) is -0.534. The Balaban J connectivity index is 1.49. The fourth-order valence-electron chi connectivity index (χ4n) is 8.76. The third-order valence-corrected chi connectivity index (χ3v) is 10.8. The standard InChI is InChI=1S/C27H45NO3/c1-16(2)23(28)24(30)31-25(4)13-14-26(5)18(15-25)7-8-19-21-10-9-20(17(3)29)27(21,6)12-11-22(19)26/h16,18-23H,7-15,28H2,1-6H3/t18-,19-,20+,21-,22-,23-,25+,26-,27+/m0/s1. The minimum Gasteiger partial charge on any atom is -0.458 e. The lowest BCUT2D eigenvalue weighted by Crippen LogP contribution is -2.56. The number of ether oxygens (including phenoxy) is 1. The smallest absolute Gasteiger partial charge is 0.323 e. The molecule has 31 heavy (non-hydrogen) atoms. The third-order valence-electron chi connectivity index (χ3n) is 10.8. The molecule has 0 aromatic rings. The summed E-state index contributed by atoms with van der Waals surface area (Å²) in [7, 11) is 0. The van der Waals surface area contributed by atoms with Crippen LogP contribution in [0.25, 0.3) is 0 Å². The van der Waals surface area contributed by atoms with Gasteiger partial charge in [-0.3, -0.25) is 9.59 Å². The Kier molecular flexibility index (Phi) is 5.89. The molecule has 2 N–H and O–H groups in total. The molecule has 4 aliphatic rings. The molecule has 0 unspecified atom stereocenters. The highest BCUT2D eigenvalue weighted by Gasteiger charge is 2.61. The van der Waals surface area contributed by atoms with Crippen molar-refractivity contribution in [3.05, 3.63) is 0 Å². The summed E-state index contributed by atoms with van der Waals surface area (Å²) in [4.78, 5) is 25.0. The molecule has 0 heterocycles. The van der Waals surface area contributed by atoms with E-state index in [9.17, 15) is 9.59 Å². The Hall–Kier alpha value is -0.900. The Morgan fingerprint density at radius 2 is 1.58 bits per heavy atom. The third kappa shape index (κ3) is 3.69. The molecule has 4 fully saturated rings. The van der Waals surface area contributed by atoms with Crippen molar-refractivity contribution < 1.29 is 14.3 Å². The molecule has 0 aromatic carbocycles. The van der Waals surface area contributed by atoms with E-state index in [-0.39, 0.29) is 28.8 Å². The van der Waals surface area contributed by atoms with E-state index in [1.807, 2.05) is 20.8 Å². The first-order valence-electron chi connectivity index (χ1n) is 12.9. The molecule has 0 aliphatic heterocycles. The van der Waals surface area contributed by atoms with E-state index in [0.29, 0.717) is 23.0 Å². The van der Waals surface area contributed by atoms with Gasteiger partial charge in [0.15, 0.2) is 0 Å². The zero-order valence-corrected chi connectivity index (χ0v) is 20.7. The molecule has 9 atom stereocenters. The Morgan fingerprint density at radius 3 is 2.23 bits per heavy atom. The molecule has 4 nitrogen and oxygen atoms in total. The summed E-state index contributed by atoms with van der Waals surface area (Å²) >= 11 is 0. The topological polar surface area (TPSA) is 69.4 Å². The maximum absolute atomic E-state index is 12.6. The van der Waals surface area contributed by atoms with Gasteiger partial charge in [-0.25, -0.2) is 0 Å². The van der Waals surface area contributed by atoms with E-state index in [4.69, 9.17) is 10.5 Å². The fourth-order valence-corrected chi connectivity index (χ4v) is 8.76. The number of esters is 1.